The lowest BCUT2D eigenvalue weighted by Crippen LogP contribution is -2.14. The molecule has 3 rings (SSSR count). The molecule has 0 atom stereocenters. The molecule has 0 aliphatic heterocycles. The largest absolute Gasteiger partial charge is 0.357 e. The Morgan fingerprint density at radius 1 is 1.33 bits per heavy atom. The van der Waals surface area contributed by atoms with Gasteiger partial charge in [0.1, 0.15) is 0 Å². The maximum Gasteiger partial charge on any atom is 0.227 e. The first kappa shape index (κ1) is 13.9. The van der Waals surface area contributed by atoms with E-state index in [0.717, 1.165) is 41.4 Å². The Balaban J connectivity index is 2.03. The Morgan fingerprint density at radius 2 is 2.05 bits per heavy atom. The summed E-state index contributed by atoms with van der Waals surface area (Å²) in [5.41, 5.74) is 3.15. The highest BCUT2D eigenvalue weighted by molar-refractivity contribution is 6.02. The fraction of sp³-hybridized carbons (Fsp3) is 0.412. The van der Waals surface area contributed by atoms with Gasteiger partial charge < -0.3 is 10.3 Å². The molecule has 1 fully saturated rings. The second-order valence-electron chi connectivity index (χ2n) is 6.81. The molecule has 4 heteroatoms. The van der Waals surface area contributed by atoms with Gasteiger partial charge in [-0.3, -0.25) is 9.59 Å². The SMILES string of the molecule is CC(C)(C)c1[nH]c2ccc(NC(=O)C3CC3)cc2c1C=O. The van der Waals surface area contributed by atoms with Gasteiger partial charge in [-0.1, -0.05) is 20.8 Å². The van der Waals surface area contributed by atoms with Crippen molar-refractivity contribution in [2.75, 3.05) is 5.32 Å². The predicted molar refractivity (Wildman–Crippen MR) is 83.7 cm³/mol. The first-order valence-corrected chi connectivity index (χ1v) is 7.32. The number of hydrogen-bond donors (Lipinski definition) is 2. The van der Waals surface area contributed by atoms with Crippen molar-refractivity contribution in [3.05, 3.63) is 29.5 Å². The number of aromatic amines is 1. The van der Waals surface area contributed by atoms with E-state index >= 15 is 0 Å². The van der Waals surface area contributed by atoms with Crippen molar-refractivity contribution in [3.8, 4) is 0 Å². The third kappa shape index (κ3) is 2.58. The van der Waals surface area contributed by atoms with Crippen LogP contribution in [0.4, 0.5) is 5.69 Å². The van der Waals surface area contributed by atoms with E-state index in [9.17, 15) is 9.59 Å². The van der Waals surface area contributed by atoms with Crippen LogP contribution in [0.25, 0.3) is 10.9 Å². The predicted octanol–water partition coefficient (Wildman–Crippen LogP) is 3.63. The molecule has 4 nitrogen and oxygen atoms in total. The van der Waals surface area contributed by atoms with Gasteiger partial charge >= 0.3 is 0 Å². The number of rotatable bonds is 3. The normalized spacial score (nSPS) is 15.2. The van der Waals surface area contributed by atoms with E-state index < -0.39 is 0 Å². The maximum atomic E-state index is 11.8. The van der Waals surface area contributed by atoms with Crippen molar-refractivity contribution >= 4 is 28.8 Å². The summed E-state index contributed by atoms with van der Waals surface area (Å²) in [6.07, 6.45) is 2.85. The Hall–Kier alpha value is -2.10. The zero-order chi connectivity index (χ0) is 15.2. The van der Waals surface area contributed by atoms with Crippen molar-refractivity contribution < 1.29 is 9.59 Å². The number of aromatic nitrogens is 1. The molecule has 1 aromatic carbocycles. The summed E-state index contributed by atoms with van der Waals surface area (Å²) in [6, 6.07) is 5.67. The van der Waals surface area contributed by atoms with E-state index in [4.69, 9.17) is 0 Å². The van der Waals surface area contributed by atoms with Gasteiger partial charge in [0, 0.05) is 39.2 Å². The van der Waals surface area contributed by atoms with Crippen LogP contribution in [0.2, 0.25) is 0 Å². The highest BCUT2D eigenvalue weighted by Crippen LogP contribution is 2.33. The second kappa shape index (κ2) is 4.72. The molecule has 0 radical (unpaired) electrons. The van der Waals surface area contributed by atoms with Crippen LogP contribution in [0.15, 0.2) is 18.2 Å². The minimum Gasteiger partial charge on any atom is -0.357 e. The highest BCUT2D eigenvalue weighted by atomic mass is 16.2. The van der Waals surface area contributed by atoms with Gasteiger partial charge in [-0.15, -0.1) is 0 Å². The lowest BCUT2D eigenvalue weighted by molar-refractivity contribution is -0.117. The van der Waals surface area contributed by atoms with Crippen LogP contribution in [-0.2, 0) is 10.2 Å². The molecule has 110 valence electrons. The number of fused-ring (bicyclic) bond motifs is 1. The summed E-state index contributed by atoms with van der Waals surface area (Å²) in [6.45, 7) is 6.21. The quantitative estimate of drug-likeness (QED) is 0.845. The molecule has 0 unspecified atom stereocenters. The van der Waals surface area contributed by atoms with Gasteiger partial charge in [0.25, 0.3) is 0 Å². The molecule has 1 amide bonds. The minimum absolute atomic E-state index is 0.0774. The average Bonchev–Trinajstić information content (AvgIpc) is 3.18. The monoisotopic (exact) mass is 284 g/mol. The molecule has 1 saturated carbocycles. The minimum atomic E-state index is -0.132. The number of nitrogens with one attached hydrogen (secondary N) is 2. The van der Waals surface area contributed by atoms with Gasteiger partial charge in [0.2, 0.25) is 5.91 Å². The first-order chi connectivity index (χ1) is 9.90. The summed E-state index contributed by atoms with van der Waals surface area (Å²) in [5.74, 6) is 0.246. The molecule has 1 heterocycles. The molecule has 2 aromatic rings. The van der Waals surface area contributed by atoms with Crippen LogP contribution in [0.1, 0.15) is 49.7 Å². The first-order valence-electron chi connectivity index (χ1n) is 7.32. The molecule has 0 saturated heterocycles. The Kier molecular flexibility index (Phi) is 3.12. The Labute approximate surface area is 123 Å². The molecule has 21 heavy (non-hydrogen) atoms. The summed E-state index contributed by atoms with van der Waals surface area (Å²) >= 11 is 0. The topological polar surface area (TPSA) is 62.0 Å². The number of aldehydes is 1. The fourth-order valence-corrected chi connectivity index (χ4v) is 2.59. The second-order valence-corrected chi connectivity index (χ2v) is 6.81. The lowest BCUT2D eigenvalue weighted by atomic mass is 9.89. The van der Waals surface area contributed by atoms with E-state index in [1.807, 2.05) is 18.2 Å². The summed E-state index contributed by atoms with van der Waals surface area (Å²) in [7, 11) is 0. The standard InChI is InChI=1S/C17H20N2O2/c1-17(2,3)15-13(9-20)12-8-11(6-7-14(12)19-15)18-16(21)10-4-5-10/h6-10,19H,4-5H2,1-3H3,(H,18,21). The number of carbonyl (C=O) groups excluding carboxylic acids is 2. The third-order valence-electron chi connectivity index (χ3n) is 3.92. The summed E-state index contributed by atoms with van der Waals surface area (Å²) < 4.78 is 0. The zero-order valence-corrected chi connectivity index (χ0v) is 12.6. The third-order valence-corrected chi connectivity index (χ3v) is 3.92. The van der Waals surface area contributed by atoms with Gasteiger partial charge in [-0.25, -0.2) is 0 Å². The number of anilines is 1. The van der Waals surface area contributed by atoms with Gasteiger partial charge in [-0.2, -0.15) is 0 Å². The molecule has 1 aliphatic rings. The van der Waals surface area contributed by atoms with Crippen molar-refractivity contribution in [2.24, 2.45) is 5.92 Å². The number of H-pyrrole nitrogens is 1. The number of amides is 1. The molecule has 0 spiro atoms. The van der Waals surface area contributed by atoms with Crippen LogP contribution < -0.4 is 5.32 Å². The van der Waals surface area contributed by atoms with Crippen LogP contribution in [0, 0.1) is 5.92 Å². The molecule has 2 N–H and O–H groups in total. The van der Waals surface area contributed by atoms with Crippen molar-refractivity contribution in [3.63, 3.8) is 0 Å². The van der Waals surface area contributed by atoms with Gasteiger partial charge in [-0.05, 0) is 31.0 Å². The molecular weight excluding hydrogens is 264 g/mol. The van der Waals surface area contributed by atoms with Crippen LogP contribution in [-0.4, -0.2) is 17.2 Å². The molecule has 0 bridgehead atoms. The van der Waals surface area contributed by atoms with Gasteiger partial charge in [0.05, 0.1) is 0 Å². The zero-order valence-electron chi connectivity index (χ0n) is 12.6. The number of hydrogen-bond acceptors (Lipinski definition) is 2. The van der Waals surface area contributed by atoms with Crippen LogP contribution >= 0.6 is 0 Å². The van der Waals surface area contributed by atoms with Crippen LogP contribution in [0.5, 0.6) is 0 Å². The van der Waals surface area contributed by atoms with E-state index in [1.165, 1.54) is 0 Å². The molecular formula is C17H20N2O2. The number of benzene rings is 1. The Bertz CT molecular complexity index is 718. The molecule has 1 aromatic heterocycles. The Morgan fingerprint density at radius 3 is 2.62 bits per heavy atom. The van der Waals surface area contributed by atoms with Crippen molar-refractivity contribution in [1.29, 1.82) is 0 Å². The number of carbonyl (C=O) groups is 2. The van der Waals surface area contributed by atoms with E-state index in [0.29, 0.717) is 5.56 Å². The van der Waals surface area contributed by atoms with Crippen molar-refractivity contribution in [1.82, 2.24) is 4.98 Å². The van der Waals surface area contributed by atoms with Crippen molar-refractivity contribution in [2.45, 2.75) is 39.0 Å². The lowest BCUT2D eigenvalue weighted by Gasteiger charge is -2.17. The summed E-state index contributed by atoms with van der Waals surface area (Å²) in [5, 5.41) is 3.79. The maximum absolute atomic E-state index is 11.8. The van der Waals surface area contributed by atoms with E-state index in [-0.39, 0.29) is 17.2 Å². The molecule has 1 aliphatic carbocycles. The highest BCUT2D eigenvalue weighted by Gasteiger charge is 2.29. The average molecular weight is 284 g/mol. The van der Waals surface area contributed by atoms with E-state index in [1.54, 1.807) is 0 Å². The summed E-state index contributed by atoms with van der Waals surface area (Å²) in [4.78, 5) is 26.7. The van der Waals surface area contributed by atoms with E-state index in [2.05, 4.69) is 31.1 Å². The smallest absolute Gasteiger partial charge is 0.227 e. The van der Waals surface area contributed by atoms with Crippen LogP contribution in [0.3, 0.4) is 0 Å². The fourth-order valence-electron chi connectivity index (χ4n) is 2.59. The van der Waals surface area contributed by atoms with Gasteiger partial charge in [0.15, 0.2) is 6.29 Å².